The zero-order valence-corrected chi connectivity index (χ0v) is 12.3. The molecule has 1 rings (SSSR count). The normalized spacial score (nSPS) is 13.6. The van der Waals surface area contributed by atoms with Crippen molar-refractivity contribution < 1.29 is 0 Å². The predicted octanol–water partition coefficient (Wildman–Crippen LogP) is 1.99. The van der Waals surface area contributed by atoms with E-state index in [-0.39, 0.29) is 6.04 Å². The number of nitrogens with one attached hydrogen (secondary N) is 1. The number of hydrogen-bond acceptors (Lipinski definition) is 2. The number of nitrogens with two attached hydrogens (primary N) is 1. The van der Waals surface area contributed by atoms with Gasteiger partial charge in [-0.2, -0.15) is 0 Å². The van der Waals surface area contributed by atoms with E-state index in [0.29, 0.717) is 12.5 Å². The average Bonchev–Trinajstić information content (AvgIpc) is 2.44. The highest BCUT2D eigenvalue weighted by Gasteiger charge is 2.17. The molecule has 106 valence electrons. The van der Waals surface area contributed by atoms with Gasteiger partial charge in [-0.15, -0.1) is 0 Å². The molecule has 0 bridgehead atoms. The van der Waals surface area contributed by atoms with Crippen LogP contribution in [-0.4, -0.2) is 37.0 Å². The number of nitrogens with zero attached hydrogens (tertiary/aromatic N) is 2. The number of benzene rings is 1. The molecule has 1 atom stereocenters. The Morgan fingerprint density at radius 1 is 1.21 bits per heavy atom. The Morgan fingerprint density at radius 2 is 1.84 bits per heavy atom. The van der Waals surface area contributed by atoms with Crippen molar-refractivity contribution in [2.24, 2.45) is 10.7 Å². The van der Waals surface area contributed by atoms with Crippen LogP contribution in [0.3, 0.4) is 0 Å². The molecule has 1 aromatic carbocycles. The Bertz CT molecular complexity index is 371. The second kappa shape index (κ2) is 8.53. The fourth-order valence-corrected chi connectivity index (χ4v) is 2.19. The number of hydrogen-bond donors (Lipinski definition) is 2. The molecule has 1 aromatic rings. The summed E-state index contributed by atoms with van der Waals surface area (Å²) in [5, 5.41) is 3.04. The van der Waals surface area contributed by atoms with Crippen LogP contribution in [0, 0.1) is 0 Å². The Kier molecular flexibility index (Phi) is 6.97. The Labute approximate surface area is 116 Å². The van der Waals surface area contributed by atoms with Crippen molar-refractivity contribution in [3.05, 3.63) is 35.9 Å². The van der Waals surface area contributed by atoms with Crippen LogP contribution in [0.25, 0.3) is 0 Å². The van der Waals surface area contributed by atoms with E-state index in [1.165, 1.54) is 5.56 Å². The van der Waals surface area contributed by atoms with E-state index >= 15 is 0 Å². The molecule has 0 saturated heterocycles. The van der Waals surface area contributed by atoms with Crippen molar-refractivity contribution in [2.75, 3.05) is 26.2 Å². The van der Waals surface area contributed by atoms with Gasteiger partial charge in [-0.1, -0.05) is 44.2 Å². The van der Waals surface area contributed by atoms with Gasteiger partial charge in [-0.25, -0.2) is 0 Å². The molecule has 0 heterocycles. The van der Waals surface area contributed by atoms with Gasteiger partial charge in [-0.05, 0) is 25.6 Å². The van der Waals surface area contributed by atoms with Crippen molar-refractivity contribution in [2.45, 2.75) is 26.8 Å². The van der Waals surface area contributed by atoms with E-state index in [9.17, 15) is 0 Å². The number of likely N-dealkylation sites (N-methyl/N-ethyl adjacent to an activating group) is 1. The first-order valence-corrected chi connectivity index (χ1v) is 7.05. The minimum atomic E-state index is 0.286. The maximum absolute atomic E-state index is 5.81. The smallest absolute Gasteiger partial charge is 0.188 e. The number of aliphatic imine (C=N–C) groups is 1. The SMILES string of the molecule is CCNC(N)=NCC(c1ccccc1)N(CC)CC. The molecule has 0 aliphatic carbocycles. The molecule has 0 aliphatic rings. The van der Waals surface area contributed by atoms with Crippen LogP contribution in [0.2, 0.25) is 0 Å². The molecule has 0 saturated carbocycles. The van der Waals surface area contributed by atoms with E-state index in [1.54, 1.807) is 0 Å². The third-order valence-electron chi connectivity index (χ3n) is 3.23. The zero-order valence-electron chi connectivity index (χ0n) is 12.3. The summed E-state index contributed by atoms with van der Waals surface area (Å²) in [4.78, 5) is 6.85. The van der Waals surface area contributed by atoms with Crippen molar-refractivity contribution in [1.29, 1.82) is 0 Å². The van der Waals surface area contributed by atoms with E-state index in [0.717, 1.165) is 19.6 Å². The summed E-state index contributed by atoms with van der Waals surface area (Å²) in [5.41, 5.74) is 7.10. The average molecular weight is 262 g/mol. The van der Waals surface area contributed by atoms with Crippen molar-refractivity contribution in [3.8, 4) is 0 Å². The lowest BCUT2D eigenvalue weighted by Gasteiger charge is -2.29. The molecular formula is C15H26N4. The molecule has 0 amide bonds. The fourth-order valence-electron chi connectivity index (χ4n) is 2.19. The van der Waals surface area contributed by atoms with Gasteiger partial charge < -0.3 is 11.1 Å². The lowest BCUT2D eigenvalue weighted by Crippen LogP contribution is -2.34. The summed E-state index contributed by atoms with van der Waals surface area (Å²) < 4.78 is 0. The van der Waals surface area contributed by atoms with Gasteiger partial charge in [0.05, 0.1) is 12.6 Å². The van der Waals surface area contributed by atoms with Gasteiger partial charge in [0.2, 0.25) is 0 Å². The molecule has 3 N–H and O–H groups in total. The lowest BCUT2D eigenvalue weighted by molar-refractivity contribution is 0.224. The quantitative estimate of drug-likeness (QED) is 0.584. The van der Waals surface area contributed by atoms with Crippen LogP contribution in [-0.2, 0) is 0 Å². The summed E-state index contributed by atoms with van der Waals surface area (Å²) in [5.74, 6) is 0.524. The van der Waals surface area contributed by atoms with E-state index in [1.807, 2.05) is 13.0 Å². The molecule has 0 aromatic heterocycles. The van der Waals surface area contributed by atoms with E-state index in [4.69, 9.17) is 5.73 Å². The highest BCUT2D eigenvalue weighted by molar-refractivity contribution is 5.77. The summed E-state index contributed by atoms with van der Waals surface area (Å²) in [6.07, 6.45) is 0. The molecule has 0 fully saturated rings. The highest BCUT2D eigenvalue weighted by Crippen LogP contribution is 2.20. The van der Waals surface area contributed by atoms with Gasteiger partial charge in [0.1, 0.15) is 0 Å². The van der Waals surface area contributed by atoms with Crippen LogP contribution in [0.15, 0.2) is 35.3 Å². The van der Waals surface area contributed by atoms with Crippen molar-refractivity contribution in [3.63, 3.8) is 0 Å². The lowest BCUT2D eigenvalue weighted by atomic mass is 10.1. The van der Waals surface area contributed by atoms with Gasteiger partial charge in [0.25, 0.3) is 0 Å². The molecule has 1 unspecified atom stereocenters. The Balaban J connectivity index is 2.84. The molecule has 0 radical (unpaired) electrons. The molecule has 4 heteroatoms. The first-order valence-electron chi connectivity index (χ1n) is 7.05. The Hall–Kier alpha value is -1.55. The summed E-state index contributed by atoms with van der Waals surface area (Å²) in [6, 6.07) is 10.8. The third kappa shape index (κ3) is 4.91. The van der Waals surface area contributed by atoms with Crippen molar-refractivity contribution in [1.82, 2.24) is 10.2 Å². The molecule has 19 heavy (non-hydrogen) atoms. The standard InChI is InChI=1S/C15H26N4/c1-4-17-15(16)18-12-14(19(5-2)6-3)13-10-8-7-9-11-13/h7-11,14H,4-6,12H2,1-3H3,(H3,16,17,18). The van der Waals surface area contributed by atoms with Gasteiger partial charge in [0, 0.05) is 6.54 Å². The molecule has 0 spiro atoms. The van der Waals surface area contributed by atoms with Crippen LogP contribution >= 0.6 is 0 Å². The van der Waals surface area contributed by atoms with Crippen molar-refractivity contribution >= 4 is 5.96 Å². The summed E-state index contributed by atoms with van der Waals surface area (Å²) >= 11 is 0. The maximum atomic E-state index is 5.81. The van der Waals surface area contributed by atoms with E-state index in [2.05, 4.69) is 53.3 Å². The highest BCUT2D eigenvalue weighted by atomic mass is 15.2. The topological polar surface area (TPSA) is 53.6 Å². The fraction of sp³-hybridized carbons (Fsp3) is 0.533. The largest absolute Gasteiger partial charge is 0.370 e. The first kappa shape index (κ1) is 15.5. The molecule has 0 aliphatic heterocycles. The maximum Gasteiger partial charge on any atom is 0.188 e. The van der Waals surface area contributed by atoms with E-state index < -0.39 is 0 Å². The number of guanidine groups is 1. The van der Waals surface area contributed by atoms with Crippen LogP contribution in [0.5, 0.6) is 0 Å². The monoisotopic (exact) mass is 262 g/mol. The summed E-state index contributed by atoms with van der Waals surface area (Å²) in [6.45, 7) is 9.87. The van der Waals surface area contributed by atoms with Gasteiger partial charge in [0.15, 0.2) is 5.96 Å². The zero-order chi connectivity index (χ0) is 14.1. The second-order valence-electron chi connectivity index (χ2n) is 4.40. The Morgan fingerprint density at radius 3 is 2.37 bits per heavy atom. The molecular weight excluding hydrogens is 236 g/mol. The first-order chi connectivity index (χ1) is 9.22. The summed E-state index contributed by atoms with van der Waals surface area (Å²) in [7, 11) is 0. The predicted molar refractivity (Wildman–Crippen MR) is 82.3 cm³/mol. The number of rotatable bonds is 7. The minimum absolute atomic E-state index is 0.286. The second-order valence-corrected chi connectivity index (χ2v) is 4.40. The minimum Gasteiger partial charge on any atom is -0.370 e. The van der Waals surface area contributed by atoms with Crippen LogP contribution in [0.4, 0.5) is 0 Å². The van der Waals surface area contributed by atoms with Gasteiger partial charge in [-0.3, -0.25) is 9.89 Å². The molecule has 4 nitrogen and oxygen atoms in total. The van der Waals surface area contributed by atoms with Crippen LogP contribution < -0.4 is 11.1 Å². The van der Waals surface area contributed by atoms with Gasteiger partial charge >= 0.3 is 0 Å². The third-order valence-corrected chi connectivity index (χ3v) is 3.23. The van der Waals surface area contributed by atoms with Crippen LogP contribution in [0.1, 0.15) is 32.4 Å².